The third kappa shape index (κ3) is 3.16. The summed E-state index contributed by atoms with van der Waals surface area (Å²) in [6.45, 7) is 2.30. The van der Waals surface area contributed by atoms with Crippen LogP contribution in [0.25, 0.3) is 0 Å². The molecule has 0 heterocycles. The summed E-state index contributed by atoms with van der Waals surface area (Å²) in [5.74, 6) is -0.508. The van der Waals surface area contributed by atoms with E-state index in [4.69, 9.17) is 17.3 Å². The second kappa shape index (κ2) is 5.45. The lowest BCUT2D eigenvalue weighted by Gasteiger charge is -2.20. The van der Waals surface area contributed by atoms with Gasteiger partial charge in [-0.3, -0.25) is 0 Å². The lowest BCUT2D eigenvalue weighted by Crippen LogP contribution is -2.21. The van der Waals surface area contributed by atoms with Crippen LogP contribution in [0.5, 0.6) is 0 Å². The minimum Gasteiger partial charge on any atom is -0.388 e. The second-order valence-corrected chi connectivity index (χ2v) is 3.99. The highest BCUT2D eigenvalue weighted by molar-refractivity contribution is 6.30. The molecular formula is C11H15ClFNO. The van der Waals surface area contributed by atoms with Crippen LogP contribution in [0.3, 0.4) is 0 Å². The number of aliphatic hydroxyl groups excluding tert-OH is 1. The average molecular weight is 232 g/mol. The Hall–Kier alpha value is -0.640. The second-order valence-electron chi connectivity index (χ2n) is 3.55. The SMILES string of the molecule is CCC(CN)C(O)c1cc(F)cc(Cl)c1. The van der Waals surface area contributed by atoms with Gasteiger partial charge in [0.1, 0.15) is 5.82 Å². The van der Waals surface area contributed by atoms with E-state index in [-0.39, 0.29) is 10.9 Å². The van der Waals surface area contributed by atoms with Crippen molar-refractivity contribution in [2.75, 3.05) is 6.54 Å². The minimum absolute atomic E-state index is 0.0668. The van der Waals surface area contributed by atoms with Crippen LogP contribution in [-0.4, -0.2) is 11.7 Å². The maximum absolute atomic E-state index is 13.0. The van der Waals surface area contributed by atoms with Crippen molar-refractivity contribution in [1.82, 2.24) is 0 Å². The van der Waals surface area contributed by atoms with E-state index in [0.29, 0.717) is 12.1 Å². The summed E-state index contributed by atoms with van der Waals surface area (Å²) >= 11 is 5.70. The highest BCUT2D eigenvalue weighted by atomic mass is 35.5. The van der Waals surface area contributed by atoms with Crippen LogP contribution in [0.15, 0.2) is 18.2 Å². The standard InChI is InChI=1S/C11H15ClFNO/c1-2-7(6-14)11(15)8-3-9(12)5-10(13)4-8/h3-5,7,11,15H,2,6,14H2,1H3. The van der Waals surface area contributed by atoms with Gasteiger partial charge in [0.25, 0.3) is 0 Å². The number of rotatable bonds is 4. The Morgan fingerprint density at radius 3 is 2.60 bits per heavy atom. The fourth-order valence-electron chi connectivity index (χ4n) is 1.54. The maximum atomic E-state index is 13.0. The van der Waals surface area contributed by atoms with Crippen molar-refractivity contribution in [3.63, 3.8) is 0 Å². The molecule has 0 bridgehead atoms. The van der Waals surface area contributed by atoms with Gasteiger partial charge in [0.05, 0.1) is 6.10 Å². The van der Waals surface area contributed by atoms with E-state index in [9.17, 15) is 9.50 Å². The number of hydrogen-bond acceptors (Lipinski definition) is 2. The zero-order valence-corrected chi connectivity index (χ0v) is 9.34. The smallest absolute Gasteiger partial charge is 0.125 e. The summed E-state index contributed by atoms with van der Waals surface area (Å²) in [6.07, 6.45) is -0.0144. The van der Waals surface area contributed by atoms with Crippen molar-refractivity contribution in [3.8, 4) is 0 Å². The Balaban J connectivity index is 2.94. The molecule has 0 saturated carbocycles. The molecule has 1 aromatic carbocycles. The summed E-state index contributed by atoms with van der Waals surface area (Å²) in [6, 6.07) is 4.06. The molecule has 0 radical (unpaired) electrons. The molecule has 2 unspecified atom stereocenters. The molecule has 0 aliphatic rings. The summed E-state index contributed by atoms with van der Waals surface area (Å²) in [5, 5.41) is 10.2. The van der Waals surface area contributed by atoms with Gasteiger partial charge in [-0.15, -0.1) is 0 Å². The molecule has 0 fully saturated rings. The first-order valence-electron chi connectivity index (χ1n) is 4.92. The van der Waals surface area contributed by atoms with E-state index in [2.05, 4.69) is 0 Å². The van der Waals surface area contributed by atoms with E-state index in [1.165, 1.54) is 12.1 Å². The van der Waals surface area contributed by atoms with Crippen molar-refractivity contribution < 1.29 is 9.50 Å². The molecular weight excluding hydrogens is 217 g/mol. The molecule has 0 amide bonds. The predicted octanol–water partition coefficient (Wildman–Crippen LogP) is 2.50. The lowest BCUT2D eigenvalue weighted by atomic mass is 9.93. The summed E-state index contributed by atoms with van der Waals surface area (Å²) in [4.78, 5) is 0. The molecule has 15 heavy (non-hydrogen) atoms. The fourth-order valence-corrected chi connectivity index (χ4v) is 1.77. The first-order valence-corrected chi connectivity index (χ1v) is 5.30. The zero-order chi connectivity index (χ0) is 11.4. The van der Waals surface area contributed by atoms with Crippen LogP contribution in [0.4, 0.5) is 4.39 Å². The third-order valence-corrected chi connectivity index (χ3v) is 2.72. The van der Waals surface area contributed by atoms with Crippen LogP contribution in [0, 0.1) is 11.7 Å². The van der Waals surface area contributed by atoms with Gasteiger partial charge in [0.15, 0.2) is 0 Å². The quantitative estimate of drug-likeness (QED) is 0.837. The van der Waals surface area contributed by atoms with Gasteiger partial charge in [-0.25, -0.2) is 4.39 Å². The molecule has 0 spiro atoms. The molecule has 2 nitrogen and oxygen atoms in total. The normalized spacial score (nSPS) is 15.0. The Labute approximate surface area is 93.9 Å². The molecule has 4 heteroatoms. The molecule has 0 saturated heterocycles. The molecule has 0 aliphatic carbocycles. The van der Waals surface area contributed by atoms with E-state index >= 15 is 0 Å². The molecule has 0 aliphatic heterocycles. The molecule has 2 atom stereocenters. The third-order valence-electron chi connectivity index (χ3n) is 2.50. The Morgan fingerprint density at radius 2 is 2.13 bits per heavy atom. The Kier molecular flexibility index (Phi) is 4.51. The van der Waals surface area contributed by atoms with Gasteiger partial charge in [0.2, 0.25) is 0 Å². The van der Waals surface area contributed by atoms with Crippen molar-refractivity contribution >= 4 is 11.6 Å². The first-order chi connectivity index (χ1) is 7.08. The number of nitrogens with two attached hydrogens (primary N) is 1. The van der Waals surface area contributed by atoms with Crippen molar-refractivity contribution in [2.45, 2.75) is 19.4 Å². The fraction of sp³-hybridized carbons (Fsp3) is 0.455. The summed E-state index contributed by atoms with van der Waals surface area (Å²) in [5.41, 5.74) is 5.99. The van der Waals surface area contributed by atoms with Crippen LogP contribution < -0.4 is 5.73 Å². The van der Waals surface area contributed by atoms with Gasteiger partial charge in [-0.05, 0) is 36.7 Å². The van der Waals surface area contributed by atoms with Crippen molar-refractivity contribution in [3.05, 3.63) is 34.6 Å². The van der Waals surface area contributed by atoms with Gasteiger partial charge in [0, 0.05) is 10.9 Å². The van der Waals surface area contributed by atoms with E-state index < -0.39 is 11.9 Å². The average Bonchev–Trinajstić information content (AvgIpc) is 2.18. The zero-order valence-electron chi connectivity index (χ0n) is 8.58. The van der Waals surface area contributed by atoms with Crippen molar-refractivity contribution in [2.24, 2.45) is 11.7 Å². The van der Waals surface area contributed by atoms with Gasteiger partial charge >= 0.3 is 0 Å². The van der Waals surface area contributed by atoms with Crippen LogP contribution in [-0.2, 0) is 0 Å². The number of halogens is 2. The minimum atomic E-state index is -0.756. The monoisotopic (exact) mass is 231 g/mol. The summed E-state index contributed by atoms with van der Waals surface area (Å²) < 4.78 is 13.0. The van der Waals surface area contributed by atoms with E-state index in [0.717, 1.165) is 6.42 Å². The first kappa shape index (κ1) is 12.4. The van der Waals surface area contributed by atoms with E-state index in [1.54, 1.807) is 6.07 Å². The topological polar surface area (TPSA) is 46.2 Å². The van der Waals surface area contributed by atoms with Gasteiger partial charge < -0.3 is 10.8 Å². The highest BCUT2D eigenvalue weighted by Gasteiger charge is 2.18. The molecule has 1 rings (SSSR count). The largest absolute Gasteiger partial charge is 0.388 e. The van der Waals surface area contributed by atoms with Gasteiger partial charge in [-0.1, -0.05) is 18.5 Å². The number of benzene rings is 1. The van der Waals surface area contributed by atoms with Crippen molar-refractivity contribution in [1.29, 1.82) is 0 Å². The number of hydrogen-bond donors (Lipinski definition) is 2. The molecule has 1 aromatic rings. The van der Waals surface area contributed by atoms with Crippen LogP contribution in [0.2, 0.25) is 5.02 Å². The summed E-state index contributed by atoms with van der Waals surface area (Å²) in [7, 11) is 0. The Bertz CT molecular complexity index is 308. The van der Waals surface area contributed by atoms with Crippen LogP contribution >= 0.6 is 11.6 Å². The predicted molar refractivity (Wildman–Crippen MR) is 59.2 cm³/mol. The van der Waals surface area contributed by atoms with Crippen LogP contribution in [0.1, 0.15) is 25.0 Å². The number of aliphatic hydroxyl groups is 1. The Morgan fingerprint density at radius 1 is 1.47 bits per heavy atom. The molecule has 84 valence electrons. The highest BCUT2D eigenvalue weighted by Crippen LogP contribution is 2.26. The van der Waals surface area contributed by atoms with Gasteiger partial charge in [-0.2, -0.15) is 0 Å². The lowest BCUT2D eigenvalue weighted by molar-refractivity contribution is 0.110. The molecule has 3 N–H and O–H groups in total. The van der Waals surface area contributed by atoms with E-state index in [1.807, 2.05) is 6.92 Å². The maximum Gasteiger partial charge on any atom is 0.125 e. The molecule has 0 aromatic heterocycles.